The number of thiazole rings is 1. The number of nitrogens with one attached hydrogen (secondary N) is 2. The number of hydrogen-bond donors (Lipinski definition) is 2. The zero-order valence-electron chi connectivity index (χ0n) is 12.3. The molecule has 2 rings (SSSR count). The van der Waals surface area contributed by atoms with Gasteiger partial charge in [0, 0.05) is 31.1 Å². The van der Waals surface area contributed by atoms with Gasteiger partial charge in [-0.15, -0.1) is 11.3 Å². The number of hydrogen-bond acceptors (Lipinski definition) is 5. The van der Waals surface area contributed by atoms with Crippen LogP contribution >= 0.6 is 11.3 Å². The Balaban J connectivity index is 1.82. The largest absolute Gasteiger partial charge is 0.383 e. The van der Waals surface area contributed by atoms with Crippen molar-refractivity contribution < 1.29 is 13.9 Å². The number of amides is 1. The summed E-state index contributed by atoms with van der Waals surface area (Å²) < 4.78 is 18.0. The molecule has 0 spiro atoms. The number of carbonyl (C=O) groups is 1. The number of nitrogens with zero attached hydrogens (tertiary/aromatic N) is 1. The molecule has 0 aliphatic carbocycles. The lowest BCUT2D eigenvalue weighted by molar-refractivity contribution is -0.115. The maximum Gasteiger partial charge on any atom is 0.240 e. The topological polar surface area (TPSA) is 63.2 Å². The summed E-state index contributed by atoms with van der Waals surface area (Å²) in [5.41, 5.74) is 0.878. The second-order valence-electron chi connectivity index (χ2n) is 4.66. The highest BCUT2D eigenvalue weighted by atomic mass is 32.1. The van der Waals surface area contributed by atoms with E-state index in [1.165, 1.54) is 23.5 Å². The van der Waals surface area contributed by atoms with Crippen LogP contribution in [-0.2, 0) is 16.0 Å². The van der Waals surface area contributed by atoms with Gasteiger partial charge in [0.1, 0.15) is 5.82 Å². The minimum atomic E-state index is -0.252. The predicted octanol–water partition coefficient (Wildman–Crippen LogP) is 2.05. The molecule has 0 aliphatic rings. The molecule has 0 saturated heterocycles. The van der Waals surface area contributed by atoms with E-state index in [-0.39, 0.29) is 18.3 Å². The summed E-state index contributed by atoms with van der Waals surface area (Å²) in [4.78, 5) is 16.8. The molecule has 0 radical (unpaired) electrons. The van der Waals surface area contributed by atoms with E-state index in [1.54, 1.807) is 19.4 Å². The first kappa shape index (κ1) is 16.5. The molecular weight excluding hydrogens is 305 g/mol. The number of carbonyl (C=O) groups excluding carboxylic acids is 1. The van der Waals surface area contributed by atoms with Gasteiger partial charge in [-0.2, -0.15) is 0 Å². The van der Waals surface area contributed by atoms with Crippen LogP contribution in [0.25, 0.3) is 0 Å². The van der Waals surface area contributed by atoms with Crippen molar-refractivity contribution in [2.75, 3.05) is 32.1 Å². The molecule has 0 fully saturated rings. The van der Waals surface area contributed by atoms with Crippen molar-refractivity contribution in [2.24, 2.45) is 0 Å². The normalized spacial score (nSPS) is 10.6. The monoisotopic (exact) mass is 323 g/mol. The highest BCUT2D eigenvalue weighted by Gasteiger charge is 2.07. The highest BCUT2D eigenvalue weighted by Crippen LogP contribution is 2.21. The van der Waals surface area contributed by atoms with Crippen LogP contribution in [0.2, 0.25) is 0 Å². The van der Waals surface area contributed by atoms with Crippen molar-refractivity contribution in [3.63, 3.8) is 0 Å². The van der Waals surface area contributed by atoms with Crippen molar-refractivity contribution in [3.05, 3.63) is 46.7 Å². The van der Waals surface area contributed by atoms with Crippen molar-refractivity contribution >= 4 is 22.4 Å². The molecule has 0 saturated carbocycles. The summed E-state index contributed by atoms with van der Waals surface area (Å²) in [7, 11) is 1.61. The van der Waals surface area contributed by atoms with Gasteiger partial charge in [-0.3, -0.25) is 4.79 Å². The molecule has 0 bridgehead atoms. The zero-order chi connectivity index (χ0) is 15.8. The molecule has 0 atom stereocenters. The van der Waals surface area contributed by atoms with E-state index in [2.05, 4.69) is 15.6 Å². The second kappa shape index (κ2) is 8.57. The summed E-state index contributed by atoms with van der Waals surface area (Å²) in [6.45, 7) is 1.39. The fraction of sp³-hybridized carbons (Fsp3) is 0.333. The van der Waals surface area contributed by atoms with Crippen LogP contribution in [0.15, 0.2) is 30.5 Å². The lowest BCUT2D eigenvalue weighted by Crippen LogP contribution is -2.30. The number of aromatic nitrogens is 1. The van der Waals surface area contributed by atoms with Gasteiger partial charge in [-0.05, 0) is 17.7 Å². The van der Waals surface area contributed by atoms with Gasteiger partial charge in [0.05, 0.1) is 13.2 Å². The van der Waals surface area contributed by atoms with Gasteiger partial charge in [-0.25, -0.2) is 9.37 Å². The smallest absolute Gasteiger partial charge is 0.240 e. The molecular formula is C15H18FN3O2S. The Kier molecular flexibility index (Phi) is 6.45. The number of rotatable bonds is 8. The molecule has 2 aromatic rings. The molecule has 1 aromatic heterocycles. The summed E-state index contributed by atoms with van der Waals surface area (Å²) in [5.74, 6) is -0.402. The van der Waals surface area contributed by atoms with E-state index in [9.17, 15) is 9.18 Å². The van der Waals surface area contributed by atoms with Crippen LogP contribution < -0.4 is 10.6 Å². The molecule has 0 aliphatic heterocycles. The van der Waals surface area contributed by atoms with Crippen LogP contribution in [0.5, 0.6) is 0 Å². The van der Waals surface area contributed by atoms with Crippen LogP contribution in [0.3, 0.4) is 0 Å². The van der Waals surface area contributed by atoms with E-state index in [4.69, 9.17) is 4.74 Å². The summed E-state index contributed by atoms with van der Waals surface area (Å²) >= 11 is 1.39. The van der Waals surface area contributed by atoms with Crippen LogP contribution in [0, 0.1) is 5.82 Å². The van der Waals surface area contributed by atoms with Crippen molar-refractivity contribution in [2.45, 2.75) is 6.42 Å². The van der Waals surface area contributed by atoms with Gasteiger partial charge < -0.3 is 15.4 Å². The Morgan fingerprint density at radius 3 is 3.09 bits per heavy atom. The lowest BCUT2D eigenvalue weighted by atomic mass is 10.1. The number of benzene rings is 1. The molecule has 2 N–H and O–H groups in total. The van der Waals surface area contributed by atoms with Crippen molar-refractivity contribution in [3.8, 4) is 0 Å². The van der Waals surface area contributed by atoms with Gasteiger partial charge >= 0.3 is 0 Å². The van der Waals surface area contributed by atoms with E-state index < -0.39 is 0 Å². The van der Waals surface area contributed by atoms with Crippen LogP contribution in [0.1, 0.15) is 10.4 Å². The lowest BCUT2D eigenvalue weighted by Gasteiger charge is -2.03. The molecule has 118 valence electrons. The molecule has 5 nitrogen and oxygen atoms in total. The number of halogens is 1. The van der Waals surface area contributed by atoms with E-state index in [0.717, 1.165) is 10.4 Å². The maximum atomic E-state index is 13.1. The first-order chi connectivity index (χ1) is 10.7. The van der Waals surface area contributed by atoms with Crippen LogP contribution in [-0.4, -0.2) is 37.7 Å². The molecule has 7 heteroatoms. The first-order valence-electron chi connectivity index (χ1n) is 6.86. The zero-order valence-corrected chi connectivity index (χ0v) is 13.1. The Morgan fingerprint density at radius 1 is 1.45 bits per heavy atom. The summed E-state index contributed by atoms with van der Waals surface area (Å²) in [6.07, 6.45) is 2.29. The first-order valence-corrected chi connectivity index (χ1v) is 7.67. The third kappa shape index (κ3) is 5.51. The van der Waals surface area contributed by atoms with Crippen molar-refractivity contribution in [1.29, 1.82) is 0 Å². The predicted molar refractivity (Wildman–Crippen MR) is 84.7 cm³/mol. The van der Waals surface area contributed by atoms with Gasteiger partial charge in [0.25, 0.3) is 0 Å². The van der Waals surface area contributed by atoms with E-state index >= 15 is 0 Å². The Bertz CT molecular complexity index is 618. The van der Waals surface area contributed by atoms with Crippen molar-refractivity contribution in [1.82, 2.24) is 10.3 Å². The molecule has 1 amide bonds. The van der Waals surface area contributed by atoms with E-state index in [0.29, 0.717) is 24.7 Å². The number of methoxy groups -OCH3 is 1. The fourth-order valence-corrected chi connectivity index (χ4v) is 2.70. The number of anilines is 1. The quantitative estimate of drug-likeness (QED) is 0.730. The molecule has 22 heavy (non-hydrogen) atoms. The third-order valence-corrected chi connectivity index (χ3v) is 3.75. The van der Waals surface area contributed by atoms with E-state index in [1.807, 2.05) is 6.07 Å². The van der Waals surface area contributed by atoms with Gasteiger partial charge in [0.15, 0.2) is 5.13 Å². The average Bonchev–Trinajstić information content (AvgIpc) is 2.91. The Labute approximate surface area is 132 Å². The minimum Gasteiger partial charge on any atom is -0.383 e. The Morgan fingerprint density at radius 2 is 2.32 bits per heavy atom. The fourth-order valence-electron chi connectivity index (χ4n) is 1.83. The standard InChI is InChI=1S/C15H18FN3O2S/c1-21-6-5-17-10-14(20)19-15-18-9-13(22-15)8-11-3-2-4-12(16)7-11/h2-4,7,9,17H,5-6,8,10H2,1H3,(H,18,19,20). The minimum absolute atomic E-state index is 0.150. The summed E-state index contributed by atoms with van der Waals surface area (Å²) in [5, 5.41) is 6.23. The van der Waals surface area contributed by atoms with Gasteiger partial charge in [0.2, 0.25) is 5.91 Å². The second-order valence-corrected chi connectivity index (χ2v) is 5.77. The maximum absolute atomic E-state index is 13.1. The molecule has 1 heterocycles. The average molecular weight is 323 g/mol. The molecule has 0 unspecified atom stereocenters. The highest BCUT2D eigenvalue weighted by molar-refractivity contribution is 7.15. The third-order valence-electron chi connectivity index (χ3n) is 2.84. The number of ether oxygens (including phenoxy) is 1. The summed E-state index contributed by atoms with van der Waals surface area (Å²) in [6, 6.07) is 6.46. The Hall–Kier alpha value is -1.83. The van der Waals surface area contributed by atoms with Gasteiger partial charge in [-0.1, -0.05) is 12.1 Å². The molecule has 1 aromatic carbocycles. The SMILES string of the molecule is COCCNCC(=O)Nc1ncc(Cc2cccc(F)c2)s1. The van der Waals surface area contributed by atoms with Crippen LogP contribution in [0.4, 0.5) is 9.52 Å².